The van der Waals surface area contributed by atoms with E-state index >= 15 is 0 Å². The first-order chi connectivity index (χ1) is 11.7. The molecule has 6 heteroatoms. The predicted octanol–water partition coefficient (Wildman–Crippen LogP) is 2.29. The standard InChI is InChI=1S/C18H20N4O2/c1-21-18(22-9-5-6-10-22)16(12-20-21)17(23)19-11-14-7-3-4-8-15(14)13-24-2/h3-10,12H,11,13H2,1-2H3,(H,19,23). The van der Waals surface area contributed by atoms with Crippen molar-refractivity contribution in [3.05, 3.63) is 71.7 Å². The minimum Gasteiger partial charge on any atom is -0.380 e. The number of amides is 1. The minimum atomic E-state index is -0.154. The topological polar surface area (TPSA) is 61.1 Å². The molecule has 124 valence electrons. The summed E-state index contributed by atoms with van der Waals surface area (Å²) in [5.41, 5.74) is 2.65. The van der Waals surface area contributed by atoms with E-state index in [0.29, 0.717) is 18.7 Å². The maximum atomic E-state index is 12.6. The second-order valence-corrected chi connectivity index (χ2v) is 5.48. The van der Waals surface area contributed by atoms with Crippen LogP contribution in [-0.4, -0.2) is 27.4 Å². The third-order valence-corrected chi connectivity index (χ3v) is 3.86. The van der Waals surface area contributed by atoms with Crippen LogP contribution in [0.1, 0.15) is 21.5 Å². The second kappa shape index (κ2) is 7.14. The summed E-state index contributed by atoms with van der Waals surface area (Å²) >= 11 is 0. The number of carbonyl (C=O) groups excluding carboxylic acids is 1. The fourth-order valence-electron chi connectivity index (χ4n) is 2.67. The Bertz CT molecular complexity index is 821. The second-order valence-electron chi connectivity index (χ2n) is 5.48. The Morgan fingerprint density at radius 3 is 2.58 bits per heavy atom. The lowest BCUT2D eigenvalue weighted by Crippen LogP contribution is -2.24. The van der Waals surface area contributed by atoms with E-state index in [-0.39, 0.29) is 5.91 Å². The Hall–Kier alpha value is -2.86. The fraction of sp³-hybridized carbons (Fsp3) is 0.222. The summed E-state index contributed by atoms with van der Waals surface area (Å²) < 4.78 is 8.77. The van der Waals surface area contributed by atoms with Gasteiger partial charge in [0.2, 0.25) is 0 Å². The molecule has 0 atom stereocenters. The van der Waals surface area contributed by atoms with E-state index in [0.717, 1.165) is 16.9 Å². The molecule has 1 amide bonds. The lowest BCUT2D eigenvalue weighted by molar-refractivity contribution is 0.0950. The van der Waals surface area contributed by atoms with Crippen molar-refractivity contribution in [2.45, 2.75) is 13.2 Å². The highest BCUT2D eigenvalue weighted by Crippen LogP contribution is 2.15. The number of carbonyl (C=O) groups is 1. The van der Waals surface area contributed by atoms with Gasteiger partial charge in [-0.1, -0.05) is 24.3 Å². The van der Waals surface area contributed by atoms with E-state index in [1.54, 1.807) is 18.0 Å². The number of rotatable bonds is 6. The molecule has 24 heavy (non-hydrogen) atoms. The van der Waals surface area contributed by atoms with Crippen LogP contribution in [0.3, 0.4) is 0 Å². The molecule has 0 unspecified atom stereocenters. The van der Waals surface area contributed by atoms with Crippen LogP contribution < -0.4 is 5.32 Å². The Morgan fingerprint density at radius 2 is 1.88 bits per heavy atom. The van der Waals surface area contributed by atoms with Gasteiger partial charge >= 0.3 is 0 Å². The molecule has 3 rings (SSSR count). The molecule has 6 nitrogen and oxygen atoms in total. The molecule has 0 radical (unpaired) electrons. The van der Waals surface area contributed by atoms with Crippen LogP contribution >= 0.6 is 0 Å². The first kappa shape index (κ1) is 16.0. The van der Waals surface area contributed by atoms with Crippen molar-refractivity contribution in [1.29, 1.82) is 0 Å². The summed E-state index contributed by atoms with van der Waals surface area (Å²) in [6, 6.07) is 11.7. The number of nitrogens with zero attached hydrogens (tertiary/aromatic N) is 3. The third kappa shape index (κ3) is 3.23. The van der Waals surface area contributed by atoms with Crippen molar-refractivity contribution in [3.63, 3.8) is 0 Å². The Kier molecular flexibility index (Phi) is 4.77. The number of hydrogen-bond acceptors (Lipinski definition) is 3. The summed E-state index contributed by atoms with van der Waals surface area (Å²) in [6.45, 7) is 0.964. The van der Waals surface area contributed by atoms with Crippen molar-refractivity contribution in [2.75, 3.05) is 7.11 Å². The molecule has 1 N–H and O–H groups in total. The van der Waals surface area contributed by atoms with E-state index in [2.05, 4.69) is 10.4 Å². The lowest BCUT2D eigenvalue weighted by atomic mass is 10.1. The van der Waals surface area contributed by atoms with Gasteiger partial charge in [-0.2, -0.15) is 5.10 Å². The van der Waals surface area contributed by atoms with Crippen LogP contribution in [-0.2, 0) is 24.9 Å². The van der Waals surface area contributed by atoms with Crippen LogP contribution in [0.15, 0.2) is 55.0 Å². The highest BCUT2D eigenvalue weighted by molar-refractivity contribution is 5.97. The average molecular weight is 324 g/mol. The van der Waals surface area contributed by atoms with Gasteiger partial charge in [0.15, 0.2) is 0 Å². The summed E-state index contributed by atoms with van der Waals surface area (Å²) in [7, 11) is 3.48. The fourth-order valence-corrected chi connectivity index (χ4v) is 2.67. The van der Waals surface area contributed by atoms with Gasteiger partial charge in [0, 0.05) is 33.1 Å². The van der Waals surface area contributed by atoms with Gasteiger partial charge in [-0.15, -0.1) is 0 Å². The molecular formula is C18H20N4O2. The molecule has 0 aliphatic carbocycles. The average Bonchev–Trinajstić information content (AvgIpc) is 3.23. The highest BCUT2D eigenvalue weighted by Gasteiger charge is 2.17. The number of hydrogen-bond donors (Lipinski definition) is 1. The van der Waals surface area contributed by atoms with E-state index < -0.39 is 0 Å². The van der Waals surface area contributed by atoms with E-state index in [4.69, 9.17) is 4.74 Å². The molecule has 2 aromatic heterocycles. The van der Waals surface area contributed by atoms with Gasteiger partial charge in [0.1, 0.15) is 11.4 Å². The van der Waals surface area contributed by atoms with Crippen molar-refractivity contribution in [2.24, 2.45) is 7.05 Å². The van der Waals surface area contributed by atoms with Gasteiger partial charge in [0.05, 0.1) is 12.8 Å². The van der Waals surface area contributed by atoms with Crippen LogP contribution in [0.4, 0.5) is 0 Å². The molecule has 0 bridgehead atoms. The van der Waals surface area contributed by atoms with Gasteiger partial charge < -0.3 is 14.6 Å². The zero-order valence-corrected chi connectivity index (χ0v) is 13.8. The quantitative estimate of drug-likeness (QED) is 0.757. The van der Waals surface area contributed by atoms with E-state index in [1.165, 1.54) is 0 Å². The van der Waals surface area contributed by atoms with Gasteiger partial charge in [-0.05, 0) is 23.3 Å². The van der Waals surface area contributed by atoms with Crippen molar-refractivity contribution < 1.29 is 9.53 Å². The molecule has 2 heterocycles. The molecule has 0 saturated carbocycles. The largest absolute Gasteiger partial charge is 0.380 e. The van der Waals surface area contributed by atoms with E-state index in [1.807, 2.05) is 60.4 Å². The molecule has 0 saturated heterocycles. The van der Waals surface area contributed by atoms with Crippen LogP contribution in [0.2, 0.25) is 0 Å². The summed E-state index contributed by atoms with van der Waals surface area (Å²) in [6.07, 6.45) is 5.37. The van der Waals surface area contributed by atoms with Gasteiger partial charge in [-0.3, -0.25) is 9.48 Å². The zero-order chi connectivity index (χ0) is 16.9. The Balaban J connectivity index is 1.78. The zero-order valence-electron chi connectivity index (χ0n) is 13.8. The van der Waals surface area contributed by atoms with E-state index in [9.17, 15) is 4.79 Å². The number of aromatic nitrogens is 3. The molecule has 0 fully saturated rings. The lowest BCUT2D eigenvalue weighted by Gasteiger charge is -2.11. The van der Waals surface area contributed by atoms with Gasteiger partial charge in [0.25, 0.3) is 5.91 Å². The molecule has 0 spiro atoms. The summed E-state index contributed by atoms with van der Waals surface area (Å²) in [4.78, 5) is 12.6. The van der Waals surface area contributed by atoms with Crippen molar-refractivity contribution >= 4 is 5.91 Å². The Labute approximate surface area is 140 Å². The summed E-state index contributed by atoms with van der Waals surface area (Å²) in [5.74, 6) is 0.585. The first-order valence-electron chi connectivity index (χ1n) is 7.70. The monoisotopic (exact) mass is 324 g/mol. The number of nitrogens with one attached hydrogen (secondary N) is 1. The first-order valence-corrected chi connectivity index (χ1v) is 7.70. The van der Waals surface area contributed by atoms with Gasteiger partial charge in [-0.25, -0.2) is 0 Å². The SMILES string of the molecule is COCc1ccccc1CNC(=O)c1cnn(C)c1-n1cccc1. The normalized spacial score (nSPS) is 10.8. The molecule has 0 aliphatic rings. The number of ether oxygens (including phenoxy) is 1. The molecule has 0 aliphatic heterocycles. The van der Waals surface area contributed by atoms with Crippen LogP contribution in [0.25, 0.3) is 5.82 Å². The molecule has 1 aromatic carbocycles. The van der Waals surface area contributed by atoms with Crippen LogP contribution in [0, 0.1) is 0 Å². The smallest absolute Gasteiger partial charge is 0.256 e. The maximum absolute atomic E-state index is 12.6. The number of aryl methyl sites for hydroxylation is 1. The van der Waals surface area contributed by atoms with Crippen LogP contribution in [0.5, 0.6) is 0 Å². The molecular weight excluding hydrogens is 304 g/mol. The third-order valence-electron chi connectivity index (χ3n) is 3.86. The minimum absolute atomic E-state index is 0.154. The summed E-state index contributed by atoms with van der Waals surface area (Å²) in [5, 5.41) is 7.18. The maximum Gasteiger partial charge on any atom is 0.256 e. The molecule has 3 aromatic rings. The Morgan fingerprint density at radius 1 is 1.17 bits per heavy atom. The highest BCUT2D eigenvalue weighted by atomic mass is 16.5. The number of methoxy groups -OCH3 is 1. The van der Waals surface area contributed by atoms with Crippen molar-refractivity contribution in [3.8, 4) is 5.82 Å². The number of benzene rings is 1. The van der Waals surface area contributed by atoms with Crippen molar-refractivity contribution in [1.82, 2.24) is 19.7 Å². The predicted molar refractivity (Wildman–Crippen MR) is 90.9 cm³/mol.